The number of nitrogens with zero attached hydrogens (tertiary/aromatic N) is 2. The average molecular weight is 396 g/mol. The van der Waals surface area contributed by atoms with E-state index in [0.29, 0.717) is 13.1 Å². The standard InChI is InChI=1S/C20H37N5O3/c1-12(2)22-19(28)25-11-9-14-15(25)8-10-24(14)18(27)16(20(4,5)6)23-17(26)13(3)21-7/h12-16,21H,8-11H2,1-7H3,(H,22,28)(H,23,26)/t13-,14?,15?,16?/m0/s1. The molecule has 0 saturated carbocycles. The molecule has 0 aromatic heterocycles. The first-order valence-corrected chi connectivity index (χ1v) is 10.3. The Morgan fingerprint density at radius 1 is 0.929 bits per heavy atom. The number of likely N-dealkylation sites (tertiary alicyclic amines) is 2. The van der Waals surface area contributed by atoms with Crippen molar-refractivity contribution in [2.45, 2.75) is 84.6 Å². The van der Waals surface area contributed by atoms with Crippen LogP contribution in [0.25, 0.3) is 0 Å². The number of urea groups is 1. The first-order chi connectivity index (χ1) is 13.0. The van der Waals surface area contributed by atoms with E-state index in [4.69, 9.17) is 0 Å². The van der Waals surface area contributed by atoms with E-state index >= 15 is 0 Å². The normalized spacial score (nSPS) is 24.1. The molecule has 0 spiro atoms. The summed E-state index contributed by atoms with van der Waals surface area (Å²) in [4.78, 5) is 42.0. The van der Waals surface area contributed by atoms with Crippen LogP contribution in [0.1, 0.15) is 54.4 Å². The fraction of sp³-hybridized carbons (Fsp3) is 0.850. The minimum atomic E-state index is -0.604. The van der Waals surface area contributed by atoms with Crippen molar-refractivity contribution in [1.82, 2.24) is 25.8 Å². The minimum absolute atomic E-state index is 0.0221. The second-order valence-corrected chi connectivity index (χ2v) is 9.36. The fourth-order valence-electron chi connectivity index (χ4n) is 4.05. The smallest absolute Gasteiger partial charge is 0.317 e. The average Bonchev–Trinajstić information content (AvgIpc) is 3.18. The van der Waals surface area contributed by atoms with Gasteiger partial charge < -0.3 is 25.8 Å². The molecule has 4 amide bonds. The van der Waals surface area contributed by atoms with Gasteiger partial charge in [-0.25, -0.2) is 4.79 Å². The van der Waals surface area contributed by atoms with Gasteiger partial charge in [-0.3, -0.25) is 9.59 Å². The van der Waals surface area contributed by atoms with Gasteiger partial charge in [0.1, 0.15) is 6.04 Å². The second kappa shape index (κ2) is 8.68. The Bertz CT molecular complexity index is 601. The van der Waals surface area contributed by atoms with Crippen molar-refractivity contribution in [3.63, 3.8) is 0 Å². The quantitative estimate of drug-likeness (QED) is 0.645. The maximum absolute atomic E-state index is 13.4. The van der Waals surface area contributed by atoms with Crippen LogP contribution < -0.4 is 16.0 Å². The molecule has 8 nitrogen and oxygen atoms in total. The molecule has 0 bridgehead atoms. The Labute approximate surface area is 168 Å². The molecule has 0 radical (unpaired) electrons. The first kappa shape index (κ1) is 22.5. The zero-order chi connectivity index (χ0) is 21.2. The number of carbonyl (C=O) groups excluding carboxylic acids is 3. The van der Waals surface area contributed by atoms with Crippen LogP contribution in [0.3, 0.4) is 0 Å². The molecule has 4 atom stereocenters. The summed E-state index contributed by atoms with van der Waals surface area (Å²) in [6.45, 7) is 12.8. The number of fused-ring (bicyclic) bond motifs is 1. The monoisotopic (exact) mass is 395 g/mol. The highest BCUT2D eigenvalue weighted by Crippen LogP contribution is 2.33. The van der Waals surface area contributed by atoms with Crippen molar-refractivity contribution in [2.24, 2.45) is 5.41 Å². The molecule has 2 aliphatic rings. The molecule has 0 aliphatic carbocycles. The number of rotatable bonds is 5. The van der Waals surface area contributed by atoms with E-state index in [0.717, 1.165) is 12.8 Å². The van der Waals surface area contributed by atoms with Crippen LogP contribution in [0.5, 0.6) is 0 Å². The largest absolute Gasteiger partial charge is 0.342 e. The summed E-state index contributed by atoms with van der Waals surface area (Å²) in [6, 6.07) is -0.872. The van der Waals surface area contributed by atoms with Crippen LogP contribution >= 0.6 is 0 Å². The van der Waals surface area contributed by atoms with E-state index in [1.807, 2.05) is 44.4 Å². The van der Waals surface area contributed by atoms with Crippen LogP contribution in [0.15, 0.2) is 0 Å². The number of carbonyl (C=O) groups is 3. The summed E-state index contributed by atoms with van der Waals surface area (Å²) in [5, 5.41) is 8.80. The van der Waals surface area contributed by atoms with Crippen LogP contribution in [0.4, 0.5) is 4.79 Å². The first-order valence-electron chi connectivity index (χ1n) is 10.3. The molecule has 8 heteroatoms. The molecule has 2 fully saturated rings. The summed E-state index contributed by atoms with van der Waals surface area (Å²) in [7, 11) is 1.72. The number of likely N-dealkylation sites (N-methyl/N-ethyl adjacent to an activating group) is 1. The molecule has 2 rings (SSSR count). The fourth-order valence-corrected chi connectivity index (χ4v) is 4.05. The Balaban J connectivity index is 2.12. The molecule has 28 heavy (non-hydrogen) atoms. The molecule has 2 aliphatic heterocycles. The minimum Gasteiger partial charge on any atom is -0.342 e. The van der Waals surface area contributed by atoms with Gasteiger partial charge in [-0.05, 0) is 46.1 Å². The third kappa shape index (κ3) is 4.77. The molecule has 0 aromatic carbocycles. The van der Waals surface area contributed by atoms with Crippen LogP contribution in [-0.4, -0.2) is 78.0 Å². The van der Waals surface area contributed by atoms with E-state index in [1.165, 1.54) is 0 Å². The molecule has 0 aromatic rings. The topological polar surface area (TPSA) is 93.8 Å². The number of hydrogen-bond donors (Lipinski definition) is 3. The lowest BCUT2D eigenvalue weighted by atomic mass is 9.85. The lowest BCUT2D eigenvalue weighted by Gasteiger charge is -2.36. The highest BCUT2D eigenvalue weighted by Gasteiger charge is 2.48. The summed E-state index contributed by atoms with van der Waals surface area (Å²) in [6.07, 6.45) is 1.55. The van der Waals surface area contributed by atoms with Gasteiger partial charge in [-0.1, -0.05) is 20.8 Å². The Morgan fingerprint density at radius 3 is 1.96 bits per heavy atom. The SMILES string of the molecule is CN[C@@H](C)C(=O)NC(C(=O)N1CCC2C1CCN2C(=O)NC(C)C)C(C)(C)C. The third-order valence-corrected chi connectivity index (χ3v) is 5.76. The van der Waals surface area contributed by atoms with Crippen molar-refractivity contribution >= 4 is 17.8 Å². The van der Waals surface area contributed by atoms with Gasteiger partial charge in [0.05, 0.1) is 18.1 Å². The van der Waals surface area contributed by atoms with Gasteiger partial charge in [0.2, 0.25) is 11.8 Å². The van der Waals surface area contributed by atoms with Crippen LogP contribution in [0.2, 0.25) is 0 Å². The number of amides is 4. The van der Waals surface area contributed by atoms with Gasteiger partial charge in [-0.15, -0.1) is 0 Å². The molecule has 2 saturated heterocycles. The van der Waals surface area contributed by atoms with Crippen molar-refractivity contribution in [3.05, 3.63) is 0 Å². The van der Waals surface area contributed by atoms with E-state index < -0.39 is 11.5 Å². The molecular formula is C20H37N5O3. The van der Waals surface area contributed by atoms with E-state index in [9.17, 15) is 14.4 Å². The third-order valence-electron chi connectivity index (χ3n) is 5.76. The summed E-state index contributed by atoms with van der Waals surface area (Å²) in [5.41, 5.74) is -0.411. The second-order valence-electron chi connectivity index (χ2n) is 9.36. The van der Waals surface area contributed by atoms with Crippen molar-refractivity contribution < 1.29 is 14.4 Å². The zero-order valence-corrected chi connectivity index (χ0v) is 18.3. The van der Waals surface area contributed by atoms with Gasteiger partial charge in [0.25, 0.3) is 0 Å². The Kier molecular flexibility index (Phi) is 6.96. The number of hydrogen-bond acceptors (Lipinski definition) is 4. The maximum Gasteiger partial charge on any atom is 0.317 e. The summed E-state index contributed by atoms with van der Waals surface area (Å²) in [5.74, 6) is -0.237. The van der Waals surface area contributed by atoms with E-state index in [2.05, 4.69) is 16.0 Å². The van der Waals surface area contributed by atoms with Crippen molar-refractivity contribution in [1.29, 1.82) is 0 Å². The van der Waals surface area contributed by atoms with Crippen LogP contribution in [0, 0.1) is 5.41 Å². The van der Waals surface area contributed by atoms with E-state index in [-0.39, 0.29) is 42.0 Å². The molecule has 3 unspecified atom stereocenters. The van der Waals surface area contributed by atoms with Gasteiger partial charge in [0.15, 0.2) is 0 Å². The van der Waals surface area contributed by atoms with Gasteiger partial charge in [-0.2, -0.15) is 0 Å². The van der Waals surface area contributed by atoms with Crippen molar-refractivity contribution in [2.75, 3.05) is 20.1 Å². The molecule has 160 valence electrons. The lowest BCUT2D eigenvalue weighted by molar-refractivity contribution is -0.140. The Hall–Kier alpha value is -1.83. The summed E-state index contributed by atoms with van der Waals surface area (Å²) >= 11 is 0. The zero-order valence-electron chi connectivity index (χ0n) is 18.3. The maximum atomic E-state index is 13.4. The lowest BCUT2D eigenvalue weighted by Crippen LogP contribution is -2.58. The van der Waals surface area contributed by atoms with E-state index in [1.54, 1.807) is 14.0 Å². The van der Waals surface area contributed by atoms with Crippen molar-refractivity contribution in [3.8, 4) is 0 Å². The van der Waals surface area contributed by atoms with Gasteiger partial charge >= 0.3 is 6.03 Å². The highest BCUT2D eigenvalue weighted by molar-refractivity contribution is 5.90. The highest BCUT2D eigenvalue weighted by atomic mass is 16.2. The summed E-state index contributed by atoms with van der Waals surface area (Å²) < 4.78 is 0. The van der Waals surface area contributed by atoms with Crippen LogP contribution in [-0.2, 0) is 9.59 Å². The molecule has 3 N–H and O–H groups in total. The Morgan fingerprint density at radius 2 is 1.46 bits per heavy atom. The van der Waals surface area contributed by atoms with Gasteiger partial charge in [0, 0.05) is 19.1 Å². The predicted octanol–water partition coefficient (Wildman–Crippen LogP) is 0.918. The predicted molar refractivity (Wildman–Crippen MR) is 109 cm³/mol. The number of nitrogens with one attached hydrogen (secondary N) is 3. The molecular weight excluding hydrogens is 358 g/mol. The molecule has 2 heterocycles.